The van der Waals surface area contributed by atoms with Crippen LogP contribution in [0.25, 0.3) is 0 Å². The normalized spacial score (nSPS) is 18.5. The Kier molecular flexibility index (Phi) is 13.0. The van der Waals surface area contributed by atoms with Crippen molar-refractivity contribution in [2.75, 3.05) is 45.7 Å². The maximum atomic E-state index is 11.4. The molecule has 0 amide bonds. The van der Waals surface area contributed by atoms with E-state index < -0.39 is 15.6 Å². The van der Waals surface area contributed by atoms with Gasteiger partial charge in [0.2, 0.25) is 10.0 Å². The highest BCUT2D eigenvalue weighted by Gasteiger charge is 2.21. The average Bonchev–Trinajstić information content (AvgIpc) is 2.99. The molecular weight excluding hydrogens is 471 g/mol. The van der Waals surface area contributed by atoms with Gasteiger partial charge in [-0.15, -0.1) is 24.0 Å². The summed E-state index contributed by atoms with van der Waals surface area (Å²) in [6.45, 7) is 9.60. The first-order valence-corrected chi connectivity index (χ1v) is 10.8. The van der Waals surface area contributed by atoms with E-state index in [1.165, 1.54) is 0 Å². The molecule has 8 nitrogen and oxygen atoms in total. The van der Waals surface area contributed by atoms with E-state index in [-0.39, 0.29) is 30.1 Å². The number of halogens is 1. The minimum atomic E-state index is -3.26. The minimum absolute atomic E-state index is 0. The van der Waals surface area contributed by atoms with Gasteiger partial charge in [-0.3, -0.25) is 4.99 Å². The summed E-state index contributed by atoms with van der Waals surface area (Å²) in [5.41, 5.74) is -0.639. The number of sulfonamides is 1. The molecule has 1 aliphatic rings. The zero-order valence-electron chi connectivity index (χ0n) is 16.3. The lowest BCUT2D eigenvalue weighted by molar-refractivity contribution is 0.0168. The molecule has 1 fully saturated rings. The van der Waals surface area contributed by atoms with Crippen molar-refractivity contribution in [3.8, 4) is 0 Å². The zero-order chi connectivity index (χ0) is 18.8. The van der Waals surface area contributed by atoms with Crippen LogP contribution in [0.1, 0.15) is 40.0 Å². The molecule has 0 saturated carbocycles. The van der Waals surface area contributed by atoms with E-state index in [2.05, 4.69) is 20.3 Å². The van der Waals surface area contributed by atoms with E-state index in [0.717, 1.165) is 45.2 Å². The van der Waals surface area contributed by atoms with Crippen LogP contribution in [0, 0.1) is 0 Å². The van der Waals surface area contributed by atoms with Crippen molar-refractivity contribution in [1.82, 2.24) is 15.4 Å². The van der Waals surface area contributed by atoms with Crippen LogP contribution in [-0.2, 0) is 19.5 Å². The Bertz CT molecular complexity index is 508. The van der Waals surface area contributed by atoms with E-state index >= 15 is 0 Å². The van der Waals surface area contributed by atoms with Crippen molar-refractivity contribution < 1.29 is 17.9 Å². The summed E-state index contributed by atoms with van der Waals surface area (Å²) in [4.78, 5) is 4.46. The number of ether oxygens (including phenoxy) is 2. The molecular formula is C16H35IN4O4S. The van der Waals surface area contributed by atoms with Crippen LogP contribution in [0.3, 0.4) is 0 Å². The van der Waals surface area contributed by atoms with E-state index in [4.69, 9.17) is 9.47 Å². The number of hydrogen-bond acceptors (Lipinski definition) is 5. The number of aliphatic imine (C=N–C) groups is 1. The highest BCUT2D eigenvalue weighted by molar-refractivity contribution is 14.0. The molecule has 3 N–H and O–H groups in total. The van der Waals surface area contributed by atoms with Crippen LogP contribution in [0.15, 0.2) is 4.99 Å². The Morgan fingerprint density at radius 2 is 2.08 bits per heavy atom. The quantitative estimate of drug-likeness (QED) is 0.168. The van der Waals surface area contributed by atoms with Gasteiger partial charge in [-0.1, -0.05) is 0 Å². The first-order chi connectivity index (χ1) is 11.7. The van der Waals surface area contributed by atoms with E-state index in [0.29, 0.717) is 25.7 Å². The molecule has 1 saturated heterocycles. The standard InChI is InChI=1S/C16H34N4O4S.HI/c1-5-17-15(19-13-16(2,3)20-25(4,21)22)18-9-7-10-23-12-14-8-6-11-24-14;/h14,20H,5-13H2,1-4H3,(H2,17,18,19);1H. The van der Waals surface area contributed by atoms with Gasteiger partial charge in [0.05, 0.1) is 25.5 Å². The topological polar surface area (TPSA) is 101 Å². The van der Waals surface area contributed by atoms with Gasteiger partial charge in [-0.05, 0) is 40.0 Å². The van der Waals surface area contributed by atoms with Gasteiger partial charge in [-0.25, -0.2) is 13.1 Å². The molecule has 0 aliphatic carbocycles. The van der Waals surface area contributed by atoms with E-state index in [1.54, 1.807) is 13.8 Å². The third-order valence-corrected chi connectivity index (χ3v) is 4.45. The largest absolute Gasteiger partial charge is 0.379 e. The summed E-state index contributed by atoms with van der Waals surface area (Å²) in [6.07, 6.45) is 4.49. The van der Waals surface area contributed by atoms with Crippen LogP contribution < -0.4 is 15.4 Å². The molecule has 156 valence electrons. The minimum Gasteiger partial charge on any atom is -0.379 e. The number of guanidine groups is 1. The van der Waals surface area contributed by atoms with Gasteiger partial charge in [0.25, 0.3) is 0 Å². The first-order valence-electron chi connectivity index (χ1n) is 8.92. The van der Waals surface area contributed by atoms with Crippen LogP contribution in [0.5, 0.6) is 0 Å². The molecule has 0 aromatic carbocycles. The lowest BCUT2D eigenvalue weighted by atomic mass is 10.1. The number of nitrogens with one attached hydrogen (secondary N) is 3. The smallest absolute Gasteiger partial charge is 0.209 e. The second kappa shape index (κ2) is 13.1. The van der Waals surface area contributed by atoms with E-state index in [9.17, 15) is 8.42 Å². The summed E-state index contributed by atoms with van der Waals surface area (Å²) in [7, 11) is -3.26. The molecule has 1 heterocycles. The fourth-order valence-electron chi connectivity index (χ4n) is 2.52. The Morgan fingerprint density at radius 1 is 1.35 bits per heavy atom. The molecule has 0 spiro atoms. The molecule has 1 unspecified atom stereocenters. The maximum absolute atomic E-state index is 11.4. The van der Waals surface area contributed by atoms with Crippen LogP contribution >= 0.6 is 24.0 Å². The van der Waals surface area contributed by atoms with Crippen molar-refractivity contribution in [3.63, 3.8) is 0 Å². The highest BCUT2D eigenvalue weighted by Crippen LogP contribution is 2.11. The molecule has 1 rings (SSSR count). The van der Waals surface area contributed by atoms with Crippen molar-refractivity contribution in [2.24, 2.45) is 4.99 Å². The third-order valence-electron chi connectivity index (χ3n) is 3.52. The monoisotopic (exact) mass is 506 g/mol. The molecule has 0 radical (unpaired) electrons. The second-order valence-corrected chi connectivity index (χ2v) is 8.69. The SMILES string of the molecule is CCNC(=NCC(C)(C)NS(C)(=O)=O)NCCCOCC1CCCO1.I. The second-order valence-electron chi connectivity index (χ2n) is 6.94. The van der Waals surface area contributed by atoms with E-state index in [1.807, 2.05) is 6.92 Å². The fourth-order valence-corrected chi connectivity index (χ4v) is 3.59. The maximum Gasteiger partial charge on any atom is 0.209 e. The van der Waals surface area contributed by atoms with Crippen molar-refractivity contribution in [2.45, 2.75) is 51.7 Å². The molecule has 0 aromatic heterocycles. The van der Waals surface area contributed by atoms with Gasteiger partial charge in [0, 0.05) is 31.8 Å². The number of hydrogen-bond donors (Lipinski definition) is 3. The van der Waals surface area contributed by atoms with Gasteiger partial charge in [0.1, 0.15) is 0 Å². The highest BCUT2D eigenvalue weighted by atomic mass is 127. The lowest BCUT2D eigenvalue weighted by Crippen LogP contribution is -2.46. The molecule has 10 heteroatoms. The third kappa shape index (κ3) is 13.1. The Morgan fingerprint density at radius 3 is 2.65 bits per heavy atom. The van der Waals surface area contributed by atoms with Crippen molar-refractivity contribution in [3.05, 3.63) is 0 Å². The van der Waals surface area contributed by atoms with Crippen LogP contribution in [0.2, 0.25) is 0 Å². The predicted octanol–water partition coefficient (Wildman–Crippen LogP) is 1.07. The van der Waals surface area contributed by atoms with Gasteiger partial charge >= 0.3 is 0 Å². The summed E-state index contributed by atoms with van der Waals surface area (Å²) >= 11 is 0. The zero-order valence-corrected chi connectivity index (χ0v) is 19.5. The molecule has 1 aliphatic heterocycles. The average molecular weight is 506 g/mol. The van der Waals surface area contributed by atoms with Crippen molar-refractivity contribution >= 4 is 40.0 Å². The van der Waals surface area contributed by atoms with Gasteiger partial charge in [0.15, 0.2) is 5.96 Å². The first kappa shape index (κ1) is 25.8. The summed E-state index contributed by atoms with van der Waals surface area (Å²) in [5, 5.41) is 6.39. The Balaban J connectivity index is 0.00000625. The summed E-state index contributed by atoms with van der Waals surface area (Å²) in [5.74, 6) is 0.671. The lowest BCUT2D eigenvalue weighted by Gasteiger charge is -2.23. The number of rotatable bonds is 11. The van der Waals surface area contributed by atoms with Crippen molar-refractivity contribution in [1.29, 1.82) is 0 Å². The summed E-state index contributed by atoms with van der Waals surface area (Å²) in [6, 6.07) is 0. The predicted molar refractivity (Wildman–Crippen MR) is 116 cm³/mol. The summed E-state index contributed by atoms with van der Waals surface area (Å²) < 4.78 is 36.5. The molecule has 1 atom stereocenters. The van der Waals surface area contributed by atoms with Gasteiger partial charge in [-0.2, -0.15) is 0 Å². The Hall–Kier alpha value is -0.170. The number of nitrogens with zero attached hydrogens (tertiary/aromatic N) is 1. The Labute approximate surface area is 175 Å². The van der Waals surface area contributed by atoms with Crippen LogP contribution in [0.4, 0.5) is 0 Å². The molecule has 0 bridgehead atoms. The molecule has 26 heavy (non-hydrogen) atoms. The van der Waals surface area contributed by atoms with Gasteiger partial charge < -0.3 is 20.1 Å². The molecule has 0 aromatic rings. The fraction of sp³-hybridized carbons (Fsp3) is 0.938. The van der Waals surface area contributed by atoms with Crippen LogP contribution in [-0.4, -0.2) is 71.7 Å².